The minimum atomic E-state index is -4.08. The van der Waals surface area contributed by atoms with Gasteiger partial charge in [-0.2, -0.15) is 13.2 Å². The van der Waals surface area contributed by atoms with Crippen LogP contribution >= 0.6 is 24.0 Å². The van der Waals surface area contributed by atoms with E-state index < -0.39 is 12.1 Å². The van der Waals surface area contributed by atoms with Crippen molar-refractivity contribution in [1.29, 1.82) is 0 Å². The van der Waals surface area contributed by atoms with Crippen LogP contribution in [0.2, 0.25) is 0 Å². The fourth-order valence-corrected chi connectivity index (χ4v) is 3.13. The highest BCUT2D eigenvalue weighted by atomic mass is 127. The zero-order chi connectivity index (χ0) is 15.3. The van der Waals surface area contributed by atoms with E-state index in [1.54, 1.807) is 0 Å². The van der Waals surface area contributed by atoms with Crippen LogP contribution in [-0.4, -0.2) is 31.3 Å². The molecule has 2 aliphatic carbocycles. The molecule has 0 aromatic carbocycles. The van der Waals surface area contributed by atoms with Crippen LogP contribution in [0.25, 0.3) is 0 Å². The Morgan fingerprint density at radius 2 is 1.77 bits per heavy atom. The van der Waals surface area contributed by atoms with E-state index in [9.17, 15) is 13.2 Å². The second kappa shape index (κ2) is 9.17. The molecule has 2 N–H and O–H groups in total. The lowest BCUT2D eigenvalue weighted by atomic mass is 9.79. The van der Waals surface area contributed by atoms with E-state index >= 15 is 0 Å². The number of rotatable bonds is 4. The van der Waals surface area contributed by atoms with Gasteiger partial charge in [-0.3, -0.25) is 4.99 Å². The molecule has 3 nitrogen and oxygen atoms in total. The summed E-state index contributed by atoms with van der Waals surface area (Å²) in [6.07, 6.45) is 1.85. The maximum atomic E-state index is 13.1. The summed E-state index contributed by atoms with van der Waals surface area (Å²) in [6, 6.07) is 0.438. The third kappa shape index (κ3) is 5.77. The van der Waals surface area contributed by atoms with Crippen LogP contribution in [0.5, 0.6) is 0 Å². The topological polar surface area (TPSA) is 36.4 Å². The maximum absolute atomic E-state index is 13.1. The van der Waals surface area contributed by atoms with Crippen molar-refractivity contribution in [3.8, 4) is 0 Å². The molecule has 130 valence electrons. The summed E-state index contributed by atoms with van der Waals surface area (Å²) >= 11 is 0. The molecule has 0 aromatic rings. The maximum Gasteiger partial charge on any atom is 0.392 e. The predicted molar refractivity (Wildman–Crippen MR) is 93.7 cm³/mol. The van der Waals surface area contributed by atoms with Crippen molar-refractivity contribution in [3.05, 3.63) is 0 Å². The summed E-state index contributed by atoms with van der Waals surface area (Å²) in [5.74, 6) is -0.870. The fourth-order valence-electron chi connectivity index (χ4n) is 3.13. The number of nitrogens with zero attached hydrogens (tertiary/aromatic N) is 1. The lowest BCUT2D eigenvalue weighted by molar-refractivity contribution is -0.195. The average molecular weight is 433 g/mol. The van der Waals surface area contributed by atoms with Gasteiger partial charge in [-0.15, -0.1) is 24.0 Å². The normalized spacial score (nSPS) is 26.8. The summed E-state index contributed by atoms with van der Waals surface area (Å²) in [6.45, 7) is 2.97. The molecule has 0 saturated heterocycles. The van der Waals surface area contributed by atoms with E-state index in [1.807, 2.05) is 6.92 Å². The molecule has 22 heavy (non-hydrogen) atoms. The van der Waals surface area contributed by atoms with Crippen molar-refractivity contribution >= 4 is 29.9 Å². The number of aliphatic imine (C=N–C) groups is 1. The summed E-state index contributed by atoms with van der Waals surface area (Å²) < 4.78 is 39.2. The van der Waals surface area contributed by atoms with Crippen LogP contribution in [-0.2, 0) is 0 Å². The SMILES string of the molecule is CCNC(=NCC1CCCCC1C(F)(F)F)NC1CCC1.I. The Kier molecular flexibility index (Phi) is 8.27. The van der Waals surface area contributed by atoms with Crippen molar-refractivity contribution in [2.24, 2.45) is 16.8 Å². The second-order valence-electron chi connectivity index (χ2n) is 6.18. The van der Waals surface area contributed by atoms with E-state index in [0.29, 0.717) is 24.8 Å². The molecule has 2 unspecified atom stereocenters. The zero-order valence-corrected chi connectivity index (χ0v) is 15.4. The lowest BCUT2D eigenvalue weighted by Gasteiger charge is -2.32. The molecule has 2 atom stereocenters. The van der Waals surface area contributed by atoms with Crippen LogP contribution < -0.4 is 10.6 Å². The summed E-state index contributed by atoms with van der Waals surface area (Å²) in [5.41, 5.74) is 0. The smallest absolute Gasteiger partial charge is 0.357 e. The largest absolute Gasteiger partial charge is 0.392 e. The molecule has 7 heteroatoms. The Bertz CT molecular complexity index is 356. The average Bonchev–Trinajstić information content (AvgIpc) is 2.39. The molecule has 0 bridgehead atoms. The standard InChI is InChI=1S/C15H26F3N3.HI/c1-2-19-14(21-12-7-5-8-12)20-10-11-6-3-4-9-13(11)15(16,17)18;/h11-13H,2-10H2,1H3,(H2,19,20,21);1H. The van der Waals surface area contributed by atoms with Crippen molar-refractivity contribution in [2.75, 3.05) is 13.1 Å². The molecule has 0 aliphatic heterocycles. The quantitative estimate of drug-likeness (QED) is 0.398. The molecule has 2 rings (SSSR count). The Hall–Kier alpha value is -0.210. The van der Waals surface area contributed by atoms with Gasteiger partial charge in [0.2, 0.25) is 0 Å². The molecule has 0 aromatic heterocycles. The Morgan fingerprint density at radius 3 is 2.32 bits per heavy atom. The fraction of sp³-hybridized carbons (Fsp3) is 0.933. The monoisotopic (exact) mass is 433 g/mol. The molecule has 0 amide bonds. The van der Waals surface area contributed by atoms with E-state index in [0.717, 1.165) is 25.8 Å². The molecule has 0 radical (unpaired) electrons. The number of guanidine groups is 1. The Morgan fingerprint density at radius 1 is 1.09 bits per heavy atom. The van der Waals surface area contributed by atoms with Gasteiger partial charge in [-0.25, -0.2) is 0 Å². The number of hydrogen-bond acceptors (Lipinski definition) is 1. The molecule has 0 heterocycles. The minimum absolute atomic E-state index is 0. The first-order chi connectivity index (χ1) is 10.0. The highest BCUT2D eigenvalue weighted by molar-refractivity contribution is 14.0. The van der Waals surface area contributed by atoms with Gasteiger partial charge in [0.25, 0.3) is 0 Å². The number of hydrogen-bond donors (Lipinski definition) is 2. The van der Waals surface area contributed by atoms with Gasteiger partial charge in [-0.1, -0.05) is 12.8 Å². The Labute approximate surface area is 147 Å². The minimum Gasteiger partial charge on any atom is -0.357 e. The van der Waals surface area contributed by atoms with Gasteiger partial charge in [0, 0.05) is 19.1 Å². The van der Waals surface area contributed by atoms with E-state index in [1.165, 1.54) is 6.42 Å². The second-order valence-corrected chi connectivity index (χ2v) is 6.18. The highest BCUT2D eigenvalue weighted by Crippen LogP contribution is 2.41. The van der Waals surface area contributed by atoms with Gasteiger partial charge in [0.05, 0.1) is 5.92 Å². The van der Waals surface area contributed by atoms with Crippen LogP contribution in [0, 0.1) is 11.8 Å². The first-order valence-electron chi connectivity index (χ1n) is 8.12. The molecule has 2 aliphatic rings. The molecular formula is C15H27F3IN3. The van der Waals surface area contributed by atoms with Crippen molar-refractivity contribution < 1.29 is 13.2 Å². The molecule has 0 spiro atoms. The zero-order valence-electron chi connectivity index (χ0n) is 13.1. The van der Waals surface area contributed by atoms with Gasteiger partial charge in [-0.05, 0) is 44.9 Å². The summed E-state index contributed by atoms with van der Waals surface area (Å²) in [4.78, 5) is 4.42. The van der Waals surface area contributed by atoms with Gasteiger partial charge in [0.15, 0.2) is 5.96 Å². The van der Waals surface area contributed by atoms with Gasteiger partial charge in [0.1, 0.15) is 0 Å². The van der Waals surface area contributed by atoms with Crippen LogP contribution in [0.1, 0.15) is 51.9 Å². The Balaban J connectivity index is 0.00000242. The van der Waals surface area contributed by atoms with Crippen molar-refractivity contribution in [1.82, 2.24) is 10.6 Å². The highest BCUT2D eigenvalue weighted by Gasteiger charge is 2.45. The first kappa shape index (κ1) is 19.8. The number of alkyl halides is 3. The van der Waals surface area contributed by atoms with Crippen LogP contribution in [0.3, 0.4) is 0 Å². The van der Waals surface area contributed by atoms with E-state index in [-0.39, 0.29) is 42.9 Å². The third-order valence-corrected chi connectivity index (χ3v) is 4.60. The van der Waals surface area contributed by atoms with Crippen LogP contribution in [0.15, 0.2) is 4.99 Å². The predicted octanol–water partition coefficient (Wildman–Crippen LogP) is 4.08. The summed E-state index contributed by atoms with van der Waals surface area (Å²) in [7, 11) is 0. The molecule has 2 fully saturated rings. The first-order valence-corrected chi connectivity index (χ1v) is 8.12. The van der Waals surface area contributed by atoms with Crippen LogP contribution in [0.4, 0.5) is 13.2 Å². The number of nitrogens with one attached hydrogen (secondary N) is 2. The number of halogens is 4. The van der Waals surface area contributed by atoms with E-state index in [4.69, 9.17) is 0 Å². The van der Waals surface area contributed by atoms with Crippen molar-refractivity contribution in [2.45, 2.75) is 64.1 Å². The molecular weight excluding hydrogens is 406 g/mol. The summed E-state index contributed by atoms with van der Waals surface area (Å²) in [5, 5.41) is 6.44. The van der Waals surface area contributed by atoms with Crippen molar-refractivity contribution in [3.63, 3.8) is 0 Å². The lowest BCUT2D eigenvalue weighted by Crippen LogP contribution is -2.46. The van der Waals surface area contributed by atoms with Gasteiger partial charge < -0.3 is 10.6 Å². The van der Waals surface area contributed by atoms with E-state index in [2.05, 4.69) is 15.6 Å². The molecule has 2 saturated carbocycles. The third-order valence-electron chi connectivity index (χ3n) is 4.60. The van der Waals surface area contributed by atoms with Gasteiger partial charge >= 0.3 is 6.18 Å².